The van der Waals surface area contributed by atoms with Crippen molar-refractivity contribution in [1.82, 2.24) is 10.6 Å². The molecule has 7 unspecified atom stereocenters. The number of carbonyl (C=O) groups is 7. The van der Waals surface area contributed by atoms with Crippen molar-refractivity contribution in [1.29, 1.82) is 0 Å². The molecule has 0 aromatic carbocycles. The molecule has 0 radical (unpaired) electrons. The quantitative estimate of drug-likeness (QED) is 0.0489. The van der Waals surface area contributed by atoms with Crippen molar-refractivity contribution in [2.24, 2.45) is 5.92 Å². The predicted octanol–water partition coefficient (Wildman–Crippen LogP) is -3.12. The van der Waals surface area contributed by atoms with E-state index in [9.17, 15) is 54.0 Å². The van der Waals surface area contributed by atoms with Crippen LogP contribution in [0.3, 0.4) is 0 Å². The largest absolute Gasteiger partial charge is 0.462 e. The van der Waals surface area contributed by atoms with Gasteiger partial charge in [0.1, 0.15) is 61.1 Å². The Bertz CT molecular complexity index is 1230. The van der Waals surface area contributed by atoms with Crippen LogP contribution in [0.5, 0.6) is 0 Å². The van der Waals surface area contributed by atoms with Crippen molar-refractivity contribution in [2.75, 3.05) is 13.2 Å². The van der Waals surface area contributed by atoms with E-state index in [4.69, 9.17) is 33.2 Å². The van der Waals surface area contributed by atoms with E-state index in [2.05, 4.69) is 10.6 Å². The molecule has 0 aromatic rings. The molecular weight excluding hydrogens is 688 g/mol. The van der Waals surface area contributed by atoms with Gasteiger partial charge in [-0.2, -0.15) is 0 Å². The first-order valence-corrected chi connectivity index (χ1v) is 16.2. The summed E-state index contributed by atoms with van der Waals surface area (Å²) in [6, 6.07) is -3.01. The molecule has 2 rings (SSSR count). The highest BCUT2D eigenvalue weighted by atomic mass is 16.7. The summed E-state index contributed by atoms with van der Waals surface area (Å²) < 4.78 is 37.4. The third-order valence-corrected chi connectivity index (χ3v) is 7.67. The Morgan fingerprint density at radius 2 is 1.22 bits per heavy atom. The van der Waals surface area contributed by atoms with Gasteiger partial charge in [0.2, 0.25) is 11.8 Å². The lowest BCUT2D eigenvalue weighted by Crippen LogP contribution is -2.66. The van der Waals surface area contributed by atoms with Gasteiger partial charge in [-0.1, -0.05) is 0 Å². The van der Waals surface area contributed by atoms with E-state index < -0.39 is 141 Å². The molecule has 2 heterocycles. The summed E-state index contributed by atoms with van der Waals surface area (Å²) in [6.07, 6.45) is -15.0. The lowest BCUT2D eigenvalue weighted by atomic mass is 9.88. The zero-order valence-corrected chi connectivity index (χ0v) is 29.1. The number of nitrogens with one attached hydrogen (secondary N) is 2. The molecule has 2 fully saturated rings. The van der Waals surface area contributed by atoms with Gasteiger partial charge in [-0.25, -0.2) is 0 Å². The van der Waals surface area contributed by atoms with Gasteiger partial charge in [0, 0.05) is 20.8 Å². The lowest BCUT2D eigenvalue weighted by molar-refractivity contribution is -0.291. The van der Waals surface area contributed by atoms with Gasteiger partial charge in [-0.15, -0.1) is 0 Å². The Morgan fingerprint density at radius 3 is 1.69 bits per heavy atom. The molecule has 20 heteroatoms. The molecule has 0 aliphatic carbocycles. The summed E-state index contributed by atoms with van der Waals surface area (Å²) in [6.45, 7) is 6.27. The fourth-order valence-corrected chi connectivity index (χ4v) is 5.58. The Hall–Kier alpha value is -3.79. The summed E-state index contributed by atoms with van der Waals surface area (Å²) in [5.74, 6) is -5.79. The number of carbonyl (C=O) groups excluding carboxylic acids is 7. The first-order valence-electron chi connectivity index (χ1n) is 16.2. The highest BCUT2D eigenvalue weighted by Crippen LogP contribution is 2.30. The fourth-order valence-electron chi connectivity index (χ4n) is 5.58. The molecule has 0 saturated carbocycles. The predicted molar refractivity (Wildman–Crippen MR) is 165 cm³/mol. The molecule has 6 N–H and O–H groups in total. The molecule has 13 atom stereocenters. The number of esters is 4. The van der Waals surface area contributed by atoms with Crippen LogP contribution < -0.4 is 10.6 Å². The van der Waals surface area contributed by atoms with Crippen LogP contribution >= 0.6 is 0 Å². The number of aliphatic hydroxyl groups is 4. The van der Waals surface area contributed by atoms with E-state index in [-0.39, 0.29) is 6.42 Å². The van der Waals surface area contributed by atoms with Crippen molar-refractivity contribution < 1.29 is 87.1 Å². The number of amides is 2. The third-order valence-electron chi connectivity index (χ3n) is 7.67. The molecule has 2 amide bonds. The average Bonchev–Trinajstić information content (AvgIpc) is 2.99. The molecule has 2 aliphatic heterocycles. The Labute approximate surface area is 293 Å². The molecule has 0 aromatic heterocycles. The van der Waals surface area contributed by atoms with Crippen LogP contribution in [0.2, 0.25) is 0 Å². The summed E-state index contributed by atoms with van der Waals surface area (Å²) in [4.78, 5) is 84.5. The minimum atomic E-state index is -1.88. The Morgan fingerprint density at radius 1 is 0.725 bits per heavy atom. The first kappa shape index (κ1) is 43.4. The minimum Gasteiger partial charge on any atom is -0.462 e. The van der Waals surface area contributed by atoms with Crippen LogP contribution in [-0.4, -0.2) is 149 Å². The molecule has 20 nitrogen and oxygen atoms in total. The number of aldehydes is 1. The maximum atomic E-state index is 13.1. The van der Waals surface area contributed by atoms with Crippen LogP contribution in [0.25, 0.3) is 0 Å². The van der Waals surface area contributed by atoms with Gasteiger partial charge in [-0.05, 0) is 20.8 Å². The number of ether oxygens (including phenoxy) is 7. The van der Waals surface area contributed by atoms with Gasteiger partial charge in [0.05, 0.1) is 44.5 Å². The molecular formula is C31H48N2O18. The van der Waals surface area contributed by atoms with E-state index >= 15 is 0 Å². The van der Waals surface area contributed by atoms with Crippen molar-refractivity contribution >= 4 is 42.0 Å². The number of rotatable bonds is 17. The van der Waals surface area contributed by atoms with Crippen LogP contribution in [0.15, 0.2) is 0 Å². The Balaban J connectivity index is 2.28. The second kappa shape index (κ2) is 20.3. The van der Waals surface area contributed by atoms with E-state index in [0.29, 0.717) is 6.29 Å². The molecule has 290 valence electrons. The Kier molecular flexibility index (Phi) is 17.3. The highest BCUT2D eigenvalue weighted by molar-refractivity contribution is 5.78. The van der Waals surface area contributed by atoms with Crippen molar-refractivity contribution in [3.63, 3.8) is 0 Å². The van der Waals surface area contributed by atoms with Crippen LogP contribution in [0.4, 0.5) is 0 Å². The smallest absolute Gasteiger partial charge is 0.309 e. The molecule has 2 aliphatic rings. The zero-order chi connectivity index (χ0) is 38.6. The van der Waals surface area contributed by atoms with Crippen molar-refractivity contribution in [3.05, 3.63) is 0 Å². The standard InChI is InChI=1S/C31H48N2O18/c1-13(46-16(4)36)7-22(39)32-25-28(43)27(42)21(49-30(25)44)12-45-31-26(33-23(40)8-14(2)47-17(5)37)29(19(10-34)20(11-35)50-31)51-24(41)9-15(3)48-18(6)38/h10,13-15,19-21,25-31,35,42-44H,7-9,11-12H2,1-6H3,(H,32,39)(H,33,40)/t13-,14-,15-,19+,20?,21?,25?,26?,27+,28?,29?,30?,31-/m1/s1. The van der Waals surface area contributed by atoms with Crippen molar-refractivity contribution in [3.8, 4) is 0 Å². The van der Waals surface area contributed by atoms with Crippen LogP contribution in [0.1, 0.15) is 60.8 Å². The van der Waals surface area contributed by atoms with Gasteiger partial charge < -0.3 is 69.0 Å². The second-order valence-electron chi connectivity index (χ2n) is 12.3. The summed E-state index contributed by atoms with van der Waals surface area (Å²) in [7, 11) is 0. The zero-order valence-electron chi connectivity index (χ0n) is 29.1. The number of hydrogen-bond donors (Lipinski definition) is 6. The average molecular weight is 737 g/mol. The highest BCUT2D eigenvalue weighted by Gasteiger charge is 2.51. The van der Waals surface area contributed by atoms with E-state index in [1.165, 1.54) is 20.8 Å². The third kappa shape index (κ3) is 13.7. The van der Waals surface area contributed by atoms with E-state index in [1.54, 1.807) is 0 Å². The monoisotopic (exact) mass is 736 g/mol. The van der Waals surface area contributed by atoms with Gasteiger partial charge in [0.25, 0.3) is 0 Å². The fraction of sp³-hybridized carbons (Fsp3) is 0.774. The van der Waals surface area contributed by atoms with Crippen LogP contribution in [0, 0.1) is 5.92 Å². The molecule has 51 heavy (non-hydrogen) atoms. The normalized spacial score (nSPS) is 30.8. The summed E-state index contributed by atoms with van der Waals surface area (Å²) in [5, 5.41) is 47.0. The lowest BCUT2D eigenvalue weighted by Gasteiger charge is -2.45. The molecule has 2 saturated heterocycles. The van der Waals surface area contributed by atoms with E-state index in [0.717, 1.165) is 20.8 Å². The van der Waals surface area contributed by atoms with Crippen LogP contribution in [-0.2, 0) is 66.7 Å². The molecule has 0 bridgehead atoms. The SMILES string of the molecule is CC(=O)O[C@H](C)CC(=O)NC1C(O)OC(CO[C@@H]2OC(CO)[C@H](C=O)C(OC(=O)C[C@@H](C)OC(C)=O)C2NC(=O)C[C@@H](C)OC(C)=O)[C@H](O)C1O. The number of hydrogen-bond acceptors (Lipinski definition) is 18. The topological polar surface area (TPSA) is 289 Å². The summed E-state index contributed by atoms with van der Waals surface area (Å²) >= 11 is 0. The maximum absolute atomic E-state index is 13.1. The first-order chi connectivity index (χ1) is 23.9. The molecule has 0 spiro atoms. The van der Waals surface area contributed by atoms with Gasteiger partial charge >= 0.3 is 23.9 Å². The summed E-state index contributed by atoms with van der Waals surface area (Å²) in [5.41, 5.74) is 0. The number of aliphatic hydroxyl groups excluding tert-OH is 4. The van der Waals surface area contributed by atoms with Gasteiger partial charge in [-0.3, -0.25) is 28.8 Å². The second-order valence-corrected chi connectivity index (χ2v) is 12.3. The maximum Gasteiger partial charge on any atom is 0.309 e. The van der Waals surface area contributed by atoms with Crippen molar-refractivity contribution in [2.45, 2.75) is 134 Å². The van der Waals surface area contributed by atoms with Gasteiger partial charge in [0.15, 0.2) is 12.6 Å². The van der Waals surface area contributed by atoms with E-state index in [1.807, 2.05) is 0 Å². The minimum absolute atomic E-state index is 0.327.